The predicted octanol–water partition coefficient (Wildman–Crippen LogP) is 2.03. The van der Waals surface area contributed by atoms with Gasteiger partial charge in [-0.1, -0.05) is 0 Å². The zero-order chi connectivity index (χ0) is 18.6. The largest absolute Gasteiger partial charge is 0.416 e. The van der Waals surface area contributed by atoms with E-state index in [2.05, 4.69) is 15.5 Å². The quantitative estimate of drug-likeness (QED) is 0.848. The lowest BCUT2D eigenvalue weighted by Crippen LogP contribution is -2.42. The Labute approximate surface area is 144 Å². The Bertz CT molecular complexity index is 617. The first kappa shape index (κ1) is 19.2. The summed E-state index contributed by atoms with van der Waals surface area (Å²) in [6, 6.07) is 4.38. The summed E-state index contributed by atoms with van der Waals surface area (Å²) in [5.41, 5.74) is -0.591. The van der Waals surface area contributed by atoms with Crippen molar-refractivity contribution in [2.24, 2.45) is 0 Å². The molecule has 2 N–H and O–H groups in total. The number of carbonyl (C=O) groups is 2. The molecule has 0 unspecified atom stereocenters. The van der Waals surface area contributed by atoms with Gasteiger partial charge in [-0.25, -0.2) is 0 Å². The summed E-state index contributed by atoms with van der Waals surface area (Å²) in [4.78, 5) is 25.7. The van der Waals surface area contributed by atoms with Crippen molar-refractivity contribution in [3.63, 3.8) is 0 Å². The van der Waals surface area contributed by atoms with Crippen LogP contribution in [0.4, 0.5) is 13.2 Å². The topological polar surface area (TPSA) is 61.4 Å². The number of likely N-dealkylation sites (tertiary alicyclic amines) is 1. The van der Waals surface area contributed by atoms with Crippen molar-refractivity contribution in [1.29, 1.82) is 0 Å². The van der Waals surface area contributed by atoms with Gasteiger partial charge in [-0.05, 0) is 44.2 Å². The number of benzene rings is 1. The number of alkyl halides is 3. The number of hydrogen-bond donors (Lipinski definition) is 2. The van der Waals surface area contributed by atoms with Crippen molar-refractivity contribution in [3.8, 4) is 0 Å². The average molecular weight is 357 g/mol. The molecule has 5 nitrogen and oxygen atoms in total. The van der Waals surface area contributed by atoms with E-state index in [0.29, 0.717) is 13.0 Å². The van der Waals surface area contributed by atoms with Crippen molar-refractivity contribution < 1.29 is 22.8 Å². The van der Waals surface area contributed by atoms with Crippen LogP contribution in [0.5, 0.6) is 0 Å². The summed E-state index contributed by atoms with van der Waals surface area (Å²) >= 11 is 0. The molecule has 138 valence electrons. The highest BCUT2D eigenvalue weighted by Gasteiger charge is 2.32. The van der Waals surface area contributed by atoms with Gasteiger partial charge in [0.25, 0.3) is 5.91 Å². The minimum atomic E-state index is -4.42. The Morgan fingerprint density at radius 2 is 1.76 bits per heavy atom. The molecule has 0 aliphatic carbocycles. The molecule has 2 atom stereocenters. The molecule has 0 bridgehead atoms. The normalized spacial score (nSPS) is 21.2. The Kier molecular flexibility index (Phi) is 6.05. The first-order chi connectivity index (χ1) is 11.7. The maximum Gasteiger partial charge on any atom is 0.416 e. The highest BCUT2D eigenvalue weighted by atomic mass is 19.4. The second-order valence-corrected chi connectivity index (χ2v) is 6.21. The molecular formula is C17H22F3N3O2. The number of hydrogen-bond acceptors (Lipinski definition) is 3. The minimum Gasteiger partial charge on any atom is -0.359 e. The predicted molar refractivity (Wildman–Crippen MR) is 87.0 cm³/mol. The average Bonchev–Trinajstić information content (AvgIpc) is 2.92. The van der Waals surface area contributed by atoms with Crippen LogP contribution >= 0.6 is 0 Å². The number of nitrogens with zero attached hydrogens (tertiary/aromatic N) is 1. The monoisotopic (exact) mass is 357 g/mol. The molecule has 2 rings (SSSR count). The maximum absolute atomic E-state index is 12.5. The lowest BCUT2D eigenvalue weighted by molar-refractivity contribution is -0.137. The molecule has 0 aromatic heterocycles. The highest BCUT2D eigenvalue weighted by molar-refractivity contribution is 5.94. The second kappa shape index (κ2) is 7.86. The molecule has 1 aromatic rings. The van der Waals surface area contributed by atoms with Gasteiger partial charge in [0.1, 0.15) is 0 Å². The smallest absolute Gasteiger partial charge is 0.359 e. The molecule has 8 heteroatoms. The SMILES string of the molecule is CNC(=O)C[C@H]1CC[C@@H](CNC(=O)c2ccc(C(F)(F)F)cc2)N1C. The van der Waals surface area contributed by atoms with Crippen LogP contribution in [-0.2, 0) is 11.0 Å². The molecule has 0 spiro atoms. The van der Waals surface area contributed by atoms with E-state index in [-0.39, 0.29) is 23.6 Å². The molecule has 0 radical (unpaired) electrons. The van der Waals surface area contributed by atoms with Gasteiger partial charge in [-0.2, -0.15) is 13.2 Å². The summed E-state index contributed by atoms with van der Waals surface area (Å²) in [5, 5.41) is 5.35. The number of halogens is 3. The van der Waals surface area contributed by atoms with Crippen molar-refractivity contribution >= 4 is 11.8 Å². The van der Waals surface area contributed by atoms with Gasteiger partial charge in [0, 0.05) is 37.7 Å². The third-order valence-electron chi connectivity index (χ3n) is 4.66. The van der Waals surface area contributed by atoms with Crippen molar-refractivity contribution in [2.75, 3.05) is 20.6 Å². The Morgan fingerprint density at radius 1 is 1.16 bits per heavy atom. The summed E-state index contributed by atoms with van der Waals surface area (Å²) in [6.45, 7) is 0.389. The van der Waals surface area contributed by atoms with Crippen LogP contribution < -0.4 is 10.6 Å². The van der Waals surface area contributed by atoms with Crippen molar-refractivity contribution in [3.05, 3.63) is 35.4 Å². The van der Waals surface area contributed by atoms with E-state index in [4.69, 9.17) is 0 Å². The molecule has 1 aromatic carbocycles. The fourth-order valence-corrected chi connectivity index (χ4v) is 3.02. The number of amides is 2. The van der Waals surface area contributed by atoms with Crippen LogP contribution in [0.25, 0.3) is 0 Å². The number of rotatable bonds is 5. The van der Waals surface area contributed by atoms with E-state index in [1.807, 2.05) is 7.05 Å². The number of likely N-dealkylation sites (N-methyl/N-ethyl adjacent to an activating group) is 1. The van der Waals surface area contributed by atoms with Crippen LogP contribution in [-0.4, -0.2) is 49.4 Å². The third-order valence-corrected chi connectivity index (χ3v) is 4.66. The van der Waals surface area contributed by atoms with Crippen molar-refractivity contribution in [2.45, 2.75) is 37.5 Å². The van der Waals surface area contributed by atoms with E-state index >= 15 is 0 Å². The van der Waals surface area contributed by atoms with Gasteiger partial charge in [-0.15, -0.1) is 0 Å². The van der Waals surface area contributed by atoms with Gasteiger partial charge in [-0.3, -0.25) is 14.5 Å². The molecule has 2 amide bonds. The second-order valence-electron chi connectivity index (χ2n) is 6.21. The lowest BCUT2D eigenvalue weighted by Gasteiger charge is -2.25. The fraction of sp³-hybridized carbons (Fsp3) is 0.529. The Balaban J connectivity index is 1.87. The van der Waals surface area contributed by atoms with E-state index in [1.54, 1.807) is 7.05 Å². The molecular weight excluding hydrogens is 335 g/mol. The summed E-state index contributed by atoms with van der Waals surface area (Å²) in [6.07, 6.45) is -2.28. The number of carbonyl (C=O) groups excluding carboxylic acids is 2. The first-order valence-electron chi connectivity index (χ1n) is 8.10. The Morgan fingerprint density at radius 3 is 2.32 bits per heavy atom. The van der Waals surface area contributed by atoms with Gasteiger partial charge in [0.05, 0.1) is 5.56 Å². The van der Waals surface area contributed by atoms with Crippen LogP contribution in [0.1, 0.15) is 35.2 Å². The first-order valence-corrected chi connectivity index (χ1v) is 8.10. The molecule has 25 heavy (non-hydrogen) atoms. The standard InChI is InChI=1S/C17H22F3N3O2/c1-21-15(24)9-13-7-8-14(23(13)2)10-22-16(25)11-3-5-12(6-4-11)17(18,19)20/h3-6,13-14H,7-10H2,1-2H3,(H,21,24)(H,22,25)/t13-,14+/m1/s1. The minimum absolute atomic E-state index is 0.0220. The number of nitrogens with one attached hydrogen (secondary N) is 2. The zero-order valence-corrected chi connectivity index (χ0v) is 14.2. The fourth-order valence-electron chi connectivity index (χ4n) is 3.02. The summed E-state index contributed by atoms with van der Waals surface area (Å²) in [5.74, 6) is -0.428. The molecule has 1 heterocycles. The van der Waals surface area contributed by atoms with E-state index in [9.17, 15) is 22.8 Å². The molecule has 1 fully saturated rings. The lowest BCUT2D eigenvalue weighted by atomic mass is 10.1. The maximum atomic E-state index is 12.5. The Hall–Kier alpha value is -2.09. The molecule has 0 saturated carbocycles. The van der Waals surface area contributed by atoms with Gasteiger partial charge < -0.3 is 10.6 Å². The van der Waals surface area contributed by atoms with Crippen LogP contribution in [0.15, 0.2) is 24.3 Å². The van der Waals surface area contributed by atoms with Crippen molar-refractivity contribution in [1.82, 2.24) is 15.5 Å². The van der Waals surface area contributed by atoms with E-state index in [1.165, 1.54) is 12.1 Å². The van der Waals surface area contributed by atoms with Crippen LogP contribution in [0.2, 0.25) is 0 Å². The highest BCUT2D eigenvalue weighted by Crippen LogP contribution is 2.29. The van der Waals surface area contributed by atoms with Gasteiger partial charge in [0.15, 0.2) is 0 Å². The molecule has 1 aliphatic heterocycles. The van der Waals surface area contributed by atoms with Crippen LogP contribution in [0, 0.1) is 0 Å². The summed E-state index contributed by atoms with van der Waals surface area (Å²) < 4.78 is 37.6. The molecule has 1 aliphatic rings. The van der Waals surface area contributed by atoms with E-state index < -0.39 is 17.6 Å². The van der Waals surface area contributed by atoms with Crippen LogP contribution in [0.3, 0.4) is 0 Å². The summed E-state index contributed by atoms with van der Waals surface area (Å²) in [7, 11) is 3.51. The third kappa shape index (κ3) is 4.94. The van der Waals surface area contributed by atoms with Gasteiger partial charge in [0.2, 0.25) is 5.91 Å². The van der Waals surface area contributed by atoms with E-state index in [0.717, 1.165) is 25.0 Å². The van der Waals surface area contributed by atoms with Gasteiger partial charge >= 0.3 is 6.18 Å². The zero-order valence-electron chi connectivity index (χ0n) is 14.2. The molecule has 1 saturated heterocycles.